The average molecular weight is 320 g/mol. The van der Waals surface area contributed by atoms with E-state index in [-0.39, 0.29) is 11.7 Å². The van der Waals surface area contributed by atoms with Crippen LogP contribution in [0.5, 0.6) is 5.75 Å². The van der Waals surface area contributed by atoms with Crippen LogP contribution >= 0.6 is 0 Å². The molecule has 0 unspecified atom stereocenters. The van der Waals surface area contributed by atoms with E-state index in [1.165, 1.54) is 0 Å². The van der Waals surface area contributed by atoms with Gasteiger partial charge in [-0.2, -0.15) is 0 Å². The quantitative estimate of drug-likeness (QED) is 0.590. The van der Waals surface area contributed by atoms with Gasteiger partial charge in [0.25, 0.3) is 0 Å². The lowest BCUT2D eigenvalue weighted by Crippen LogP contribution is -2.39. The summed E-state index contributed by atoms with van der Waals surface area (Å²) in [6.07, 6.45) is 2.08. The smallest absolute Gasteiger partial charge is 0.306 e. The number of anilines is 1. The molecule has 126 valence electrons. The van der Waals surface area contributed by atoms with E-state index in [2.05, 4.69) is 0 Å². The van der Waals surface area contributed by atoms with E-state index in [1.54, 1.807) is 18.2 Å². The van der Waals surface area contributed by atoms with Crippen molar-refractivity contribution in [1.82, 2.24) is 4.90 Å². The monoisotopic (exact) mass is 320 g/mol. The molecule has 0 aromatic heterocycles. The first-order valence-corrected chi connectivity index (χ1v) is 8.02. The van der Waals surface area contributed by atoms with Crippen LogP contribution in [-0.2, 0) is 4.79 Å². The lowest BCUT2D eigenvalue weighted by molar-refractivity contribution is -0.143. The Hall–Kier alpha value is -2.08. The Morgan fingerprint density at radius 3 is 2.61 bits per heavy atom. The number of aliphatic carboxylic acids is 1. The molecule has 0 aliphatic carbocycles. The normalized spacial score (nSPS) is 16.2. The first-order valence-electron chi connectivity index (χ1n) is 8.02. The van der Waals surface area contributed by atoms with E-state index in [1.807, 2.05) is 11.8 Å². The number of piperidine rings is 1. The number of Topliss-reactive ketones (excluding diaryl/α,β-unsaturated/α-hetero) is 1. The van der Waals surface area contributed by atoms with Crippen LogP contribution in [0.2, 0.25) is 0 Å². The van der Waals surface area contributed by atoms with Crippen LogP contribution in [0.15, 0.2) is 18.2 Å². The van der Waals surface area contributed by atoms with E-state index in [0.717, 1.165) is 6.42 Å². The highest BCUT2D eigenvalue weighted by molar-refractivity contribution is 5.98. The Balaban J connectivity index is 1.91. The second-order valence-electron chi connectivity index (χ2n) is 5.91. The molecule has 1 aliphatic heterocycles. The van der Waals surface area contributed by atoms with Gasteiger partial charge in [0.05, 0.1) is 24.8 Å². The number of nitrogens with zero attached hydrogens (tertiary/aromatic N) is 1. The molecule has 2 rings (SSSR count). The van der Waals surface area contributed by atoms with Crippen molar-refractivity contribution in [2.75, 3.05) is 32.0 Å². The lowest BCUT2D eigenvalue weighted by Gasteiger charge is -2.29. The van der Waals surface area contributed by atoms with Gasteiger partial charge in [-0.1, -0.05) is 6.92 Å². The van der Waals surface area contributed by atoms with Crippen LogP contribution < -0.4 is 10.5 Å². The van der Waals surface area contributed by atoms with Crippen LogP contribution in [0.3, 0.4) is 0 Å². The number of rotatable bonds is 7. The van der Waals surface area contributed by atoms with Crippen molar-refractivity contribution in [1.29, 1.82) is 0 Å². The molecule has 0 saturated carbocycles. The van der Waals surface area contributed by atoms with E-state index >= 15 is 0 Å². The number of carboxylic acids is 1. The van der Waals surface area contributed by atoms with Gasteiger partial charge in [0.2, 0.25) is 0 Å². The minimum atomic E-state index is -0.744. The second kappa shape index (κ2) is 7.97. The molecule has 6 heteroatoms. The highest BCUT2D eigenvalue weighted by Crippen LogP contribution is 2.23. The van der Waals surface area contributed by atoms with Crippen LogP contribution in [0.4, 0.5) is 5.69 Å². The summed E-state index contributed by atoms with van der Waals surface area (Å²) < 4.78 is 5.50. The molecule has 6 nitrogen and oxygen atoms in total. The highest BCUT2D eigenvalue weighted by atomic mass is 16.5. The number of benzene rings is 1. The fourth-order valence-electron chi connectivity index (χ4n) is 2.70. The average Bonchev–Trinajstić information content (AvgIpc) is 2.54. The van der Waals surface area contributed by atoms with Crippen LogP contribution in [0.1, 0.15) is 36.5 Å². The number of nitrogen functional groups attached to an aromatic ring is 1. The zero-order valence-electron chi connectivity index (χ0n) is 13.5. The molecular weight excluding hydrogens is 296 g/mol. The Morgan fingerprint density at radius 2 is 2.04 bits per heavy atom. The van der Waals surface area contributed by atoms with Crippen molar-refractivity contribution in [3.63, 3.8) is 0 Å². The minimum absolute atomic E-state index is 0.00693. The number of carboxylic acid groups (broad SMARTS) is 1. The van der Waals surface area contributed by atoms with Gasteiger partial charge in [0.1, 0.15) is 5.75 Å². The van der Waals surface area contributed by atoms with Gasteiger partial charge >= 0.3 is 5.97 Å². The molecule has 1 heterocycles. The summed E-state index contributed by atoms with van der Waals surface area (Å²) in [7, 11) is 0. The second-order valence-corrected chi connectivity index (χ2v) is 5.91. The largest absolute Gasteiger partial charge is 0.491 e. The van der Waals surface area contributed by atoms with Gasteiger partial charge in [0, 0.05) is 5.56 Å². The van der Waals surface area contributed by atoms with E-state index in [0.29, 0.717) is 56.1 Å². The number of hydrogen-bond acceptors (Lipinski definition) is 5. The molecular formula is C17H24N2O4. The molecule has 1 aromatic rings. The number of carbonyl (C=O) groups excluding carboxylic acids is 1. The first kappa shape index (κ1) is 17.3. The summed E-state index contributed by atoms with van der Waals surface area (Å²) in [4.78, 5) is 25.3. The van der Waals surface area contributed by atoms with Crippen molar-refractivity contribution >= 4 is 17.4 Å². The number of ether oxygens (including phenoxy) is 1. The lowest BCUT2D eigenvalue weighted by atomic mass is 9.96. The molecule has 1 fully saturated rings. The van der Waals surface area contributed by atoms with Crippen molar-refractivity contribution in [2.24, 2.45) is 5.92 Å². The number of likely N-dealkylation sites (tertiary alicyclic amines) is 1. The van der Waals surface area contributed by atoms with Crippen LogP contribution in [0.25, 0.3) is 0 Å². The van der Waals surface area contributed by atoms with E-state index in [9.17, 15) is 9.59 Å². The van der Waals surface area contributed by atoms with Gasteiger partial charge < -0.3 is 15.6 Å². The predicted molar refractivity (Wildman–Crippen MR) is 87.8 cm³/mol. The van der Waals surface area contributed by atoms with Crippen LogP contribution in [-0.4, -0.2) is 48.0 Å². The molecule has 1 aromatic carbocycles. The third-order valence-corrected chi connectivity index (χ3v) is 4.10. The zero-order valence-corrected chi connectivity index (χ0v) is 13.5. The van der Waals surface area contributed by atoms with Gasteiger partial charge in [0.15, 0.2) is 5.78 Å². The topological polar surface area (TPSA) is 92.9 Å². The molecule has 1 aliphatic rings. The van der Waals surface area contributed by atoms with Crippen molar-refractivity contribution in [3.05, 3.63) is 23.8 Å². The summed E-state index contributed by atoms with van der Waals surface area (Å²) in [5.74, 6) is -0.434. The predicted octanol–water partition coefficient (Wildman–Crippen LogP) is 2.04. The Morgan fingerprint density at radius 1 is 1.35 bits per heavy atom. The molecule has 0 spiro atoms. The number of carbonyl (C=O) groups is 2. The Labute approximate surface area is 136 Å². The van der Waals surface area contributed by atoms with E-state index in [4.69, 9.17) is 15.6 Å². The summed E-state index contributed by atoms with van der Waals surface area (Å²) in [6.45, 7) is 4.17. The summed E-state index contributed by atoms with van der Waals surface area (Å²) in [5, 5.41) is 8.99. The van der Waals surface area contributed by atoms with Gasteiger partial charge in [-0.25, -0.2) is 0 Å². The summed E-state index contributed by atoms with van der Waals surface area (Å²) in [5.41, 5.74) is 6.96. The maximum absolute atomic E-state index is 12.4. The minimum Gasteiger partial charge on any atom is -0.491 e. The Kier molecular flexibility index (Phi) is 5.98. The molecule has 0 amide bonds. The molecule has 0 atom stereocenters. The molecule has 3 N–H and O–H groups in total. The maximum atomic E-state index is 12.4. The third-order valence-electron chi connectivity index (χ3n) is 4.10. The fourth-order valence-corrected chi connectivity index (χ4v) is 2.70. The van der Waals surface area contributed by atoms with Crippen LogP contribution in [0, 0.1) is 5.92 Å². The maximum Gasteiger partial charge on any atom is 0.306 e. The Bertz CT molecular complexity index is 566. The fraction of sp³-hybridized carbons (Fsp3) is 0.529. The number of ketones is 1. The SMILES string of the molecule is CCCOc1ccc(C(=O)CN2CCC(C(=O)O)CC2)cc1N. The molecule has 0 bridgehead atoms. The number of nitrogens with two attached hydrogens (primary N) is 1. The van der Waals surface area contributed by atoms with Crippen molar-refractivity contribution in [2.45, 2.75) is 26.2 Å². The third kappa shape index (κ3) is 4.69. The van der Waals surface area contributed by atoms with Gasteiger partial charge in [-0.3, -0.25) is 14.5 Å². The number of hydrogen-bond donors (Lipinski definition) is 2. The van der Waals surface area contributed by atoms with Gasteiger partial charge in [-0.15, -0.1) is 0 Å². The molecule has 0 radical (unpaired) electrons. The summed E-state index contributed by atoms with van der Waals surface area (Å²) in [6, 6.07) is 5.11. The van der Waals surface area contributed by atoms with E-state index < -0.39 is 5.97 Å². The van der Waals surface area contributed by atoms with Crippen molar-refractivity contribution < 1.29 is 19.4 Å². The zero-order chi connectivity index (χ0) is 16.8. The van der Waals surface area contributed by atoms with Crippen molar-refractivity contribution in [3.8, 4) is 5.75 Å². The summed E-state index contributed by atoms with van der Waals surface area (Å²) >= 11 is 0. The molecule has 1 saturated heterocycles. The first-order chi connectivity index (χ1) is 11.0. The van der Waals surface area contributed by atoms with Gasteiger partial charge in [-0.05, 0) is 50.6 Å². The standard InChI is InChI=1S/C17H24N2O4/c1-2-9-23-16-4-3-13(10-14(16)18)15(20)11-19-7-5-12(6-8-19)17(21)22/h3-4,10,12H,2,5-9,11,18H2,1H3,(H,21,22). The highest BCUT2D eigenvalue weighted by Gasteiger charge is 2.25. The molecule has 23 heavy (non-hydrogen) atoms.